The summed E-state index contributed by atoms with van der Waals surface area (Å²) < 4.78 is 22.0. The lowest BCUT2D eigenvalue weighted by atomic mass is 10.1. The average Bonchev–Trinajstić information content (AvgIpc) is 3.28. The number of nitrogens with one attached hydrogen (secondary N) is 3. The fourth-order valence-electron chi connectivity index (χ4n) is 4.56. The van der Waals surface area contributed by atoms with Crippen LogP contribution in [-0.4, -0.2) is 90.3 Å². The Balaban J connectivity index is 1.24. The summed E-state index contributed by atoms with van der Waals surface area (Å²) in [6.07, 6.45) is 12.7. The summed E-state index contributed by atoms with van der Waals surface area (Å²) in [6, 6.07) is 0.654. The fraction of sp³-hybridized carbons (Fsp3) is 0.923. The third-order valence-electron chi connectivity index (χ3n) is 6.59. The normalized spacial score (nSPS) is 17.4. The van der Waals surface area contributed by atoms with Crippen LogP contribution in [0.1, 0.15) is 70.6 Å². The van der Waals surface area contributed by atoms with E-state index >= 15 is 0 Å². The highest BCUT2D eigenvalue weighted by Crippen LogP contribution is 2.24. The highest BCUT2D eigenvalue weighted by atomic mass is 16.5. The molecule has 0 radical (unpaired) electrons. The van der Waals surface area contributed by atoms with Gasteiger partial charge < -0.3 is 34.9 Å². The quantitative estimate of drug-likeness (QED) is 0.174. The zero-order valence-electron chi connectivity index (χ0n) is 21.7. The van der Waals surface area contributed by atoms with Crippen molar-refractivity contribution in [2.75, 3.05) is 72.5 Å². The molecule has 204 valence electrons. The molecule has 9 nitrogen and oxygen atoms in total. The summed E-state index contributed by atoms with van der Waals surface area (Å²) in [5.74, 6) is 0.308. The Kier molecular flexibility index (Phi) is 17.9. The molecule has 0 aromatic heterocycles. The number of amides is 2. The molecule has 2 fully saturated rings. The molecule has 2 amide bonds. The molecule has 0 aliphatic heterocycles. The second-order valence-corrected chi connectivity index (χ2v) is 9.46. The molecule has 3 N–H and O–H groups in total. The van der Waals surface area contributed by atoms with Crippen LogP contribution in [0.5, 0.6) is 0 Å². The first-order valence-electron chi connectivity index (χ1n) is 13.8. The van der Waals surface area contributed by atoms with Gasteiger partial charge in [-0.05, 0) is 25.7 Å². The van der Waals surface area contributed by atoms with Gasteiger partial charge in [0.05, 0.1) is 52.9 Å². The monoisotopic (exact) mass is 499 g/mol. The Bertz CT molecular complexity index is 537. The maximum atomic E-state index is 11.9. The molecule has 0 aromatic carbocycles. The molecule has 0 saturated heterocycles. The third kappa shape index (κ3) is 16.2. The van der Waals surface area contributed by atoms with E-state index in [0.717, 1.165) is 32.2 Å². The summed E-state index contributed by atoms with van der Waals surface area (Å²) in [6.45, 7) is 5.90. The van der Waals surface area contributed by atoms with Gasteiger partial charge in [-0.3, -0.25) is 9.59 Å². The summed E-state index contributed by atoms with van der Waals surface area (Å²) in [4.78, 5) is 23.7. The first-order valence-corrected chi connectivity index (χ1v) is 13.8. The smallest absolute Gasteiger partial charge is 0.223 e. The molecular weight excluding hydrogens is 450 g/mol. The van der Waals surface area contributed by atoms with Crippen molar-refractivity contribution in [3.05, 3.63) is 0 Å². The lowest BCUT2D eigenvalue weighted by Crippen LogP contribution is -2.32. The highest BCUT2D eigenvalue weighted by molar-refractivity contribution is 5.78. The molecule has 0 bridgehead atoms. The molecule has 0 spiro atoms. The van der Waals surface area contributed by atoms with Crippen LogP contribution in [-0.2, 0) is 28.5 Å². The van der Waals surface area contributed by atoms with E-state index in [2.05, 4.69) is 16.0 Å². The van der Waals surface area contributed by atoms with E-state index in [4.69, 9.17) is 18.9 Å². The minimum atomic E-state index is -0.0450. The second kappa shape index (κ2) is 20.9. The third-order valence-corrected chi connectivity index (χ3v) is 6.59. The predicted molar refractivity (Wildman–Crippen MR) is 135 cm³/mol. The Hall–Kier alpha value is -1.26. The Morgan fingerprint density at radius 2 is 1.09 bits per heavy atom. The molecule has 2 aliphatic rings. The minimum Gasteiger partial charge on any atom is -0.379 e. The van der Waals surface area contributed by atoms with Gasteiger partial charge in [-0.1, -0.05) is 38.5 Å². The van der Waals surface area contributed by atoms with Crippen LogP contribution in [0.4, 0.5) is 0 Å². The van der Waals surface area contributed by atoms with Gasteiger partial charge in [0, 0.05) is 38.0 Å². The zero-order valence-corrected chi connectivity index (χ0v) is 21.7. The lowest BCUT2D eigenvalue weighted by molar-refractivity contribution is -0.125. The first-order chi connectivity index (χ1) is 17.3. The van der Waals surface area contributed by atoms with Crippen LogP contribution < -0.4 is 16.0 Å². The molecule has 2 saturated carbocycles. The highest BCUT2D eigenvalue weighted by Gasteiger charge is 2.21. The van der Waals surface area contributed by atoms with Gasteiger partial charge in [0.1, 0.15) is 0 Å². The first kappa shape index (κ1) is 30.0. The number of rotatable bonds is 20. The van der Waals surface area contributed by atoms with Gasteiger partial charge in [0.15, 0.2) is 0 Å². The Morgan fingerprint density at radius 1 is 0.571 bits per heavy atom. The van der Waals surface area contributed by atoms with E-state index in [9.17, 15) is 9.59 Å². The van der Waals surface area contributed by atoms with Crippen LogP contribution in [0, 0.1) is 5.92 Å². The maximum Gasteiger partial charge on any atom is 0.223 e. The van der Waals surface area contributed by atoms with E-state index in [1.165, 1.54) is 38.5 Å². The summed E-state index contributed by atoms with van der Waals surface area (Å²) in [7, 11) is 0. The fourth-order valence-corrected chi connectivity index (χ4v) is 4.56. The van der Waals surface area contributed by atoms with Crippen LogP contribution in [0.25, 0.3) is 0 Å². The summed E-state index contributed by atoms with van der Waals surface area (Å²) >= 11 is 0. The number of carbonyl (C=O) groups is 2. The number of carbonyl (C=O) groups excluding carboxylic acids is 2. The Labute approximate surface area is 211 Å². The molecule has 0 unspecified atom stereocenters. The largest absolute Gasteiger partial charge is 0.379 e. The van der Waals surface area contributed by atoms with Gasteiger partial charge >= 0.3 is 0 Å². The average molecular weight is 500 g/mol. The van der Waals surface area contributed by atoms with E-state index in [-0.39, 0.29) is 17.7 Å². The number of hydrogen-bond acceptors (Lipinski definition) is 7. The van der Waals surface area contributed by atoms with Gasteiger partial charge in [0.2, 0.25) is 11.8 Å². The van der Waals surface area contributed by atoms with Gasteiger partial charge in [0.25, 0.3) is 0 Å². The van der Waals surface area contributed by atoms with Crippen LogP contribution in [0.2, 0.25) is 0 Å². The molecule has 2 rings (SSSR count). The summed E-state index contributed by atoms with van der Waals surface area (Å²) in [5, 5.41) is 9.33. The molecule has 2 aliphatic carbocycles. The minimum absolute atomic E-state index is 0.0450. The van der Waals surface area contributed by atoms with Crippen molar-refractivity contribution in [2.45, 2.75) is 76.7 Å². The van der Waals surface area contributed by atoms with E-state index in [0.29, 0.717) is 78.4 Å². The van der Waals surface area contributed by atoms with Crippen LogP contribution in [0.3, 0.4) is 0 Å². The summed E-state index contributed by atoms with van der Waals surface area (Å²) in [5.41, 5.74) is 0. The van der Waals surface area contributed by atoms with Gasteiger partial charge in [-0.15, -0.1) is 0 Å². The van der Waals surface area contributed by atoms with E-state index in [1.54, 1.807) is 0 Å². The zero-order chi connectivity index (χ0) is 24.8. The van der Waals surface area contributed by atoms with Crippen molar-refractivity contribution < 1.29 is 28.5 Å². The van der Waals surface area contributed by atoms with Crippen LogP contribution in [0.15, 0.2) is 0 Å². The topological polar surface area (TPSA) is 107 Å². The SMILES string of the molecule is O=C(CCOCCOCCNC1CCCCCC1)NCCOCCOCCNC(=O)C1CCCC1. The van der Waals surface area contributed by atoms with E-state index in [1.807, 2.05) is 0 Å². The van der Waals surface area contributed by atoms with Crippen molar-refractivity contribution in [1.82, 2.24) is 16.0 Å². The van der Waals surface area contributed by atoms with Crippen LogP contribution >= 0.6 is 0 Å². The second-order valence-electron chi connectivity index (χ2n) is 9.46. The molecule has 0 aromatic rings. The molecular formula is C26H49N3O6. The predicted octanol–water partition coefficient (Wildman–Crippen LogP) is 2.18. The van der Waals surface area contributed by atoms with Crippen molar-refractivity contribution in [3.8, 4) is 0 Å². The van der Waals surface area contributed by atoms with Crippen molar-refractivity contribution >= 4 is 11.8 Å². The Morgan fingerprint density at radius 3 is 1.71 bits per heavy atom. The van der Waals surface area contributed by atoms with E-state index < -0.39 is 0 Å². The molecule has 35 heavy (non-hydrogen) atoms. The standard InChI is InChI=1S/C26H49N3O6/c30-25(11-15-32-19-20-33-16-12-27-24-9-3-1-2-4-10-24)28-13-17-34-21-22-35-18-14-29-26(31)23-7-5-6-8-23/h23-24,27H,1-22H2,(H,28,30)(H,29,31). The molecule has 9 heteroatoms. The maximum absolute atomic E-state index is 11.9. The number of hydrogen-bond donors (Lipinski definition) is 3. The lowest BCUT2D eigenvalue weighted by Gasteiger charge is -2.16. The molecule has 0 atom stereocenters. The van der Waals surface area contributed by atoms with Crippen molar-refractivity contribution in [2.24, 2.45) is 5.92 Å². The molecule has 0 heterocycles. The number of ether oxygens (including phenoxy) is 4. The van der Waals surface area contributed by atoms with Crippen molar-refractivity contribution in [1.29, 1.82) is 0 Å². The van der Waals surface area contributed by atoms with Gasteiger partial charge in [-0.25, -0.2) is 0 Å². The van der Waals surface area contributed by atoms with Gasteiger partial charge in [-0.2, -0.15) is 0 Å². The van der Waals surface area contributed by atoms with Crippen molar-refractivity contribution in [3.63, 3.8) is 0 Å².